The van der Waals surface area contributed by atoms with Gasteiger partial charge in [-0.25, -0.2) is 0 Å². The lowest BCUT2D eigenvalue weighted by molar-refractivity contribution is -0.867. The summed E-state index contributed by atoms with van der Waals surface area (Å²) in [5.41, 5.74) is -0.155. The van der Waals surface area contributed by atoms with E-state index in [4.69, 9.17) is 4.74 Å². The van der Waals surface area contributed by atoms with Gasteiger partial charge in [-0.2, -0.15) is 0 Å². The number of rotatable bonds is 22. The van der Waals surface area contributed by atoms with E-state index in [1.807, 2.05) is 6.92 Å². The monoisotopic (exact) mass is 448 g/mol. The molecule has 0 radical (unpaired) electrons. The maximum atomic E-state index is 12.4. The van der Waals surface area contributed by atoms with Crippen molar-refractivity contribution in [2.24, 2.45) is 0 Å². The first-order valence-electron chi connectivity index (χ1n) is 12.9. The standard InChI is InChI=1S/C25H55NO3P/c1-6-7-8-9-10-11-12-13-14-15-16-17-18-19-21-29-23-25(27)24(2)30(28)22-20-26(3,4)5/h24-25,27,30H,6-23H2,1-5H3/q+1/t24-,25-/m1/s1. The third kappa shape index (κ3) is 20.0. The molecule has 0 aliphatic rings. The fraction of sp³-hybridized carbons (Fsp3) is 1.00. The predicted molar refractivity (Wildman–Crippen MR) is 133 cm³/mol. The molecule has 5 heteroatoms. The first-order chi connectivity index (χ1) is 14.3. The molecule has 0 saturated carbocycles. The van der Waals surface area contributed by atoms with Gasteiger partial charge < -0.3 is 18.9 Å². The fourth-order valence-electron chi connectivity index (χ4n) is 3.63. The number of ether oxygens (including phenoxy) is 1. The summed E-state index contributed by atoms with van der Waals surface area (Å²) in [4.78, 5) is 0. The Morgan fingerprint density at radius 3 is 1.67 bits per heavy atom. The highest BCUT2D eigenvalue weighted by atomic mass is 31.1. The van der Waals surface area contributed by atoms with E-state index in [1.54, 1.807) is 0 Å². The second-order valence-electron chi connectivity index (χ2n) is 10.3. The van der Waals surface area contributed by atoms with E-state index >= 15 is 0 Å². The third-order valence-electron chi connectivity index (χ3n) is 6.04. The second-order valence-corrected chi connectivity index (χ2v) is 12.6. The van der Waals surface area contributed by atoms with Gasteiger partial charge in [-0.15, -0.1) is 0 Å². The zero-order valence-electron chi connectivity index (χ0n) is 21.1. The van der Waals surface area contributed by atoms with Crippen LogP contribution in [-0.2, 0) is 9.30 Å². The van der Waals surface area contributed by atoms with Crippen LogP contribution in [0.25, 0.3) is 0 Å². The van der Waals surface area contributed by atoms with Gasteiger partial charge in [0.05, 0.1) is 48.2 Å². The molecule has 0 aromatic heterocycles. The Bertz CT molecular complexity index is 398. The Hall–Kier alpha value is 0.110. The van der Waals surface area contributed by atoms with Crippen LogP contribution in [0.4, 0.5) is 0 Å². The van der Waals surface area contributed by atoms with Crippen LogP contribution in [0.1, 0.15) is 104 Å². The molecular formula is C25H55NO3P+. The van der Waals surface area contributed by atoms with Gasteiger partial charge in [-0.1, -0.05) is 97.3 Å². The minimum atomic E-state index is -1.77. The molecule has 4 nitrogen and oxygen atoms in total. The van der Waals surface area contributed by atoms with Crippen molar-refractivity contribution in [1.29, 1.82) is 0 Å². The van der Waals surface area contributed by atoms with Crippen LogP contribution in [0.3, 0.4) is 0 Å². The summed E-state index contributed by atoms with van der Waals surface area (Å²) in [6, 6.07) is 0. The number of unbranched alkanes of at least 4 members (excludes halogenated alkanes) is 13. The number of nitrogens with zero attached hydrogens (tertiary/aromatic N) is 1. The minimum absolute atomic E-state index is 0.155. The number of hydrogen-bond donors (Lipinski definition) is 1. The highest BCUT2D eigenvalue weighted by molar-refractivity contribution is 7.45. The normalized spacial score (nSPS) is 15.3. The molecule has 1 unspecified atom stereocenters. The lowest BCUT2D eigenvalue weighted by atomic mass is 10.0. The van der Waals surface area contributed by atoms with Crippen LogP contribution in [0.2, 0.25) is 0 Å². The Labute approximate surface area is 189 Å². The van der Waals surface area contributed by atoms with E-state index in [-0.39, 0.29) is 5.66 Å². The van der Waals surface area contributed by atoms with Gasteiger partial charge in [-0.05, 0) is 6.42 Å². The molecule has 0 amide bonds. The topological polar surface area (TPSA) is 46.5 Å². The Kier molecular flexibility index (Phi) is 19.8. The Morgan fingerprint density at radius 1 is 0.800 bits per heavy atom. The molecule has 0 rings (SSSR count). The van der Waals surface area contributed by atoms with E-state index in [9.17, 15) is 9.67 Å². The van der Waals surface area contributed by atoms with Crippen molar-refractivity contribution >= 4 is 7.80 Å². The summed E-state index contributed by atoms with van der Waals surface area (Å²) in [6.45, 7) is 6.09. The third-order valence-corrected chi connectivity index (χ3v) is 8.16. The van der Waals surface area contributed by atoms with Crippen LogP contribution in [0, 0.1) is 0 Å². The van der Waals surface area contributed by atoms with E-state index < -0.39 is 13.9 Å². The van der Waals surface area contributed by atoms with Crippen molar-refractivity contribution in [2.45, 2.75) is 116 Å². The lowest BCUT2D eigenvalue weighted by Crippen LogP contribution is -2.37. The van der Waals surface area contributed by atoms with Gasteiger partial charge in [0.15, 0.2) is 0 Å². The molecule has 1 N–H and O–H groups in total. The summed E-state index contributed by atoms with van der Waals surface area (Å²) in [5.74, 6) is 0. The van der Waals surface area contributed by atoms with Gasteiger partial charge >= 0.3 is 0 Å². The van der Waals surface area contributed by atoms with Gasteiger partial charge in [0.25, 0.3) is 0 Å². The van der Waals surface area contributed by atoms with Crippen LogP contribution in [0.5, 0.6) is 0 Å². The van der Waals surface area contributed by atoms with Crippen molar-refractivity contribution in [1.82, 2.24) is 0 Å². The first-order valence-corrected chi connectivity index (χ1v) is 14.6. The largest absolute Gasteiger partial charge is 0.390 e. The van der Waals surface area contributed by atoms with Crippen molar-refractivity contribution in [3.63, 3.8) is 0 Å². The molecule has 0 saturated heterocycles. The molecule has 3 atom stereocenters. The molecule has 0 bridgehead atoms. The summed E-state index contributed by atoms with van der Waals surface area (Å²) in [7, 11) is 4.56. The highest BCUT2D eigenvalue weighted by Crippen LogP contribution is 2.30. The van der Waals surface area contributed by atoms with Crippen LogP contribution in [-0.4, -0.2) is 68.4 Å². The summed E-state index contributed by atoms with van der Waals surface area (Å²) in [6.07, 6.45) is 19.1. The Morgan fingerprint density at radius 2 is 1.23 bits per heavy atom. The molecule has 0 heterocycles. The quantitative estimate of drug-likeness (QED) is 0.117. The zero-order chi connectivity index (χ0) is 22.7. The van der Waals surface area contributed by atoms with Gasteiger partial charge in [0, 0.05) is 18.4 Å². The zero-order valence-corrected chi connectivity index (χ0v) is 22.1. The fourth-order valence-corrected chi connectivity index (χ4v) is 5.51. The number of aliphatic hydroxyl groups is 1. The van der Waals surface area contributed by atoms with E-state index in [2.05, 4.69) is 28.1 Å². The SMILES string of the molecule is CCCCCCCCCCCCCCCCOC[C@@H](O)[C@@H](C)[PH](=O)CC[N+](C)(C)C. The summed E-state index contributed by atoms with van der Waals surface area (Å²) < 4.78 is 18.8. The van der Waals surface area contributed by atoms with Crippen molar-refractivity contribution < 1.29 is 18.9 Å². The second kappa shape index (κ2) is 19.8. The molecular weight excluding hydrogens is 393 g/mol. The van der Waals surface area contributed by atoms with E-state index in [0.29, 0.717) is 19.4 Å². The summed E-state index contributed by atoms with van der Waals surface area (Å²) in [5, 5.41) is 10.2. The molecule has 0 aliphatic carbocycles. The number of aliphatic hydroxyl groups excluding tert-OH is 1. The average Bonchev–Trinajstić information content (AvgIpc) is 2.70. The number of quaternary nitrogens is 1. The van der Waals surface area contributed by atoms with Crippen LogP contribution >= 0.6 is 7.80 Å². The first kappa shape index (κ1) is 30.1. The van der Waals surface area contributed by atoms with Gasteiger partial charge in [0.1, 0.15) is 0 Å². The minimum Gasteiger partial charge on any atom is -0.390 e. The molecule has 0 aromatic carbocycles. The molecule has 0 aromatic rings. The highest BCUT2D eigenvalue weighted by Gasteiger charge is 2.22. The van der Waals surface area contributed by atoms with Crippen LogP contribution in [0.15, 0.2) is 0 Å². The van der Waals surface area contributed by atoms with E-state index in [0.717, 1.165) is 17.4 Å². The van der Waals surface area contributed by atoms with Crippen molar-refractivity contribution in [3.05, 3.63) is 0 Å². The van der Waals surface area contributed by atoms with Crippen molar-refractivity contribution in [3.8, 4) is 0 Å². The smallest absolute Gasteiger partial charge is 0.0869 e. The molecule has 30 heavy (non-hydrogen) atoms. The molecule has 0 aliphatic heterocycles. The maximum absolute atomic E-state index is 12.4. The molecule has 0 fully saturated rings. The van der Waals surface area contributed by atoms with Gasteiger partial charge in [-0.3, -0.25) is 0 Å². The summed E-state index contributed by atoms with van der Waals surface area (Å²) >= 11 is 0. The van der Waals surface area contributed by atoms with Crippen molar-refractivity contribution in [2.75, 3.05) is 47.1 Å². The Balaban J connectivity index is 3.41. The lowest BCUT2D eigenvalue weighted by Gasteiger charge is -2.25. The number of hydrogen-bond acceptors (Lipinski definition) is 3. The van der Waals surface area contributed by atoms with E-state index in [1.165, 1.54) is 83.5 Å². The van der Waals surface area contributed by atoms with Gasteiger partial charge in [0.2, 0.25) is 0 Å². The molecule has 182 valence electrons. The average molecular weight is 449 g/mol. The molecule has 0 spiro atoms. The maximum Gasteiger partial charge on any atom is 0.0869 e. The van der Waals surface area contributed by atoms with Crippen LogP contribution < -0.4 is 0 Å². The predicted octanol–water partition coefficient (Wildman–Crippen LogP) is 6.50.